The van der Waals surface area contributed by atoms with Crippen molar-refractivity contribution in [3.63, 3.8) is 0 Å². The monoisotopic (exact) mass is 328 g/mol. The van der Waals surface area contributed by atoms with Gasteiger partial charge in [0.15, 0.2) is 11.5 Å². The number of ether oxygens (including phenoxy) is 2. The average Bonchev–Trinajstić information content (AvgIpc) is 3.02. The summed E-state index contributed by atoms with van der Waals surface area (Å²) < 4.78 is 10.8. The molecule has 0 unspecified atom stereocenters. The van der Waals surface area contributed by atoms with Crippen LogP contribution >= 0.6 is 0 Å². The van der Waals surface area contributed by atoms with E-state index < -0.39 is 0 Å². The quantitative estimate of drug-likeness (QED) is 0.832. The van der Waals surface area contributed by atoms with Crippen molar-refractivity contribution < 1.29 is 9.47 Å². The Labute approximate surface area is 142 Å². The minimum absolute atomic E-state index is 0.271. The molecule has 0 fully saturated rings. The van der Waals surface area contributed by atoms with Gasteiger partial charge in [-0.3, -0.25) is 0 Å². The lowest BCUT2D eigenvalue weighted by atomic mass is 10.3. The molecule has 0 bridgehead atoms. The van der Waals surface area contributed by atoms with Crippen LogP contribution in [0.3, 0.4) is 0 Å². The van der Waals surface area contributed by atoms with E-state index in [4.69, 9.17) is 14.5 Å². The summed E-state index contributed by atoms with van der Waals surface area (Å²) in [7, 11) is 0. The number of benzene rings is 1. The van der Waals surface area contributed by atoms with E-state index in [-0.39, 0.29) is 6.79 Å². The molecule has 0 amide bonds. The third-order valence-electron chi connectivity index (χ3n) is 3.78. The molecule has 6 heteroatoms. The number of aryl methyl sites for hydroxylation is 1. The lowest BCUT2D eigenvalue weighted by Crippen LogP contribution is -2.26. The fourth-order valence-electron chi connectivity index (χ4n) is 2.75. The van der Waals surface area contributed by atoms with Gasteiger partial charge in [-0.1, -0.05) is 13.8 Å². The van der Waals surface area contributed by atoms with Crippen LogP contribution in [-0.4, -0.2) is 29.9 Å². The maximum atomic E-state index is 5.42. The van der Waals surface area contributed by atoms with Crippen molar-refractivity contribution in [2.45, 2.75) is 33.6 Å². The number of aromatic nitrogens is 2. The number of hydrogen-bond acceptors (Lipinski definition) is 6. The Hall–Kier alpha value is -2.50. The van der Waals surface area contributed by atoms with Crippen molar-refractivity contribution >= 4 is 17.5 Å². The van der Waals surface area contributed by atoms with Crippen LogP contribution in [-0.2, 0) is 0 Å². The van der Waals surface area contributed by atoms with E-state index in [0.717, 1.165) is 54.6 Å². The highest BCUT2D eigenvalue weighted by Gasteiger charge is 2.14. The Morgan fingerprint density at radius 3 is 2.54 bits per heavy atom. The van der Waals surface area contributed by atoms with Crippen molar-refractivity contribution in [3.8, 4) is 11.5 Å². The average molecular weight is 328 g/mol. The van der Waals surface area contributed by atoms with Crippen LogP contribution < -0.4 is 19.7 Å². The molecule has 3 rings (SSSR count). The SMILES string of the molecule is CCCN(CCC)c1cc(C)nc(Nc2ccc3c(c2)OCO3)n1. The molecule has 1 aliphatic rings. The van der Waals surface area contributed by atoms with Gasteiger partial charge in [-0.2, -0.15) is 4.98 Å². The summed E-state index contributed by atoms with van der Waals surface area (Å²) in [4.78, 5) is 11.5. The second-order valence-electron chi connectivity index (χ2n) is 5.87. The predicted molar refractivity (Wildman–Crippen MR) is 95.4 cm³/mol. The third kappa shape index (κ3) is 3.69. The highest BCUT2D eigenvalue weighted by atomic mass is 16.7. The molecule has 6 nitrogen and oxygen atoms in total. The molecule has 0 saturated heterocycles. The first-order valence-electron chi connectivity index (χ1n) is 8.47. The van der Waals surface area contributed by atoms with Crippen LogP contribution in [0.25, 0.3) is 0 Å². The standard InChI is InChI=1S/C18H24N4O2/c1-4-8-22(9-5-2)17-10-13(3)19-18(21-17)20-14-6-7-15-16(11-14)24-12-23-15/h6-7,10-11H,4-5,8-9,12H2,1-3H3,(H,19,20,21). The van der Waals surface area contributed by atoms with Crippen molar-refractivity contribution in [2.24, 2.45) is 0 Å². The van der Waals surface area contributed by atoms with Crippen LogP contribution in [0.5, 0.6) is 11.5 Å². The molecule has 0 radical (unpaired) electrons. The van der Waals surface area contributed by atoms with E-state index in [9.17, 15) is 0 Å². The van der Waals surface area contributed by atoms with Crippen molar-refractivity contribution in [1.82, 2.24) is 9.97 Å². The van der Waals surface area contributed by atoms with Gasteiger partial charge in [-0.05, 0) is 31.9 Å². The molecule has 0 saturated carbocycles. The number of rotatable bonds is 7. The molecule has 1 aliphatic heterocycles. The molecule has 1 aromatic heterocycles. The summed E-state index contributed by atoms with van der Waals surface area (Å²) in [6.45, 7) is 8.62. The summed E-state index contributed by atoms with van der Waals surface area (Å²) in [5.41, 5.74) is 1.83. The van der Waals surface area contributed by atoms with Crippen LogP contribution in [0.1, 0.15) is 32.4 Å². The van der Waals surface area contributed by atoms with E-state index >= 15 is 0 Å². The topological polar surface area (TPSA) is 59.5 Å². The Morgan fingerprint density at radius 2 is 1.79 bits per heavy atom. The lowest BCUT2D eigenvalue weighted by molar-refractivity contribution is 0.174. The van der Waals surface area contributed by atoms with E-state index in [0.29, 0.717) is 5.95 Å². The summed E-state index contributed by atoms with van der Waals surface area (Å²) >= 11 is 0. The van der Waals surface area contributed by atoms with Gasteiger partial charge in [-0.25, -0.2) is 4.98 Å². The molecule has 1 N–H and O–H groups in total. The first-order valence-corrected chi connectivity index (χ1v) is 8.47. The molecule has 2 heterocycles. The Morgan fingerprint density at radius 1 is 1.04 bits per heavy atom. The molecular formula is C18H24N4O2. The first-order chi connectivity index (χ1) is 11.7. The summed E-state index contributed by atoms with van der Waals surface area (Å²) in [6.07, 6.45) is 2.18. The number of anilines is 3. The van der Waals surface area contributed by atoms with Gasteiger partial charge >= 0.3 is 0 Å². The van der Waals surface area contributed by atoms with Crippen molar-refractivity contribution in [2.75, 3.05) is 30.1 Å². The summed E-state index contributed by atoms with van der Waals surface area (Å²) in [5, 5.41) is 3.27. The Kier molecular flexibility index (Phi) is 5.03. The fourth-order valence-corrected chi connectivity index (χ4v) is 2.75. The van der Waals surface area contributed by atoms with Crippen LogP contribution in [0.2, 0.25) is 0 Å². The molecular weight excluding hydrogens is 304 g/mol. The van der Waals surface area contributed by atoms with Gasteiger partial charge in [0.25, 0.3) is 0 Å². The zero-order valence-electron chi connectivity index (χ0n) is 14.5. The smallest absolute Gasteiger partial charge is 0.231 e. The number of hydrogen-bond donors (Lipinski definition) is 1. The van der Waals surface area contributed by atoms with Gasteiger partial charge < -0.3 is 19.7 Å². The fraction of sp³-hybridized carbons (Fsp3) is 0.444. The number of nitrogens with zero attached hydrogens (tertiary/aromatic N) is 3. The van der Waals surface area contributed by atoms with Gasteiger partial charge in [0, 0.05) is 36.6 Å². The van der Waals surface area contributed by atoms with Gasteiger partial charge in [0.05, 0.1) is 0 Å². The predicted octanol–water partition coefficient (Wildman–Crippen LogP) is 3.88. The van der Waals surface area contributed by atoms with Gasteiger partial charge in [-0.15, -0.1) is 0 Å². The molecule has 0 aliphatic carbocycles. The van der Waals surface area contributed by atoms with E-state index in [1.165, 1.54) is 0 Å². The highest BCUT2D eigenvalue weighted by molar-refractivity contribution is 5.61. The maximum absolute atomic E-state index is 5.42. The van der Waals surface area contributed by atoms with E-state index in [1.807, 2.05) is 31.2 Å². The Bertz CT molecular complexity index is 699. The largest absolute Gasteiger partial charge is 0.454 e. The molecule has 0 spiro atoms. The van der Waals surface area contributed by atoms with Crippen molar-refractivity contribution in [1.29, 1.82) is 0 Å². The van der Waals surface area contributed by atoms with Crippen LogP contribution in [0.4, 0.5) is 17.5 Å². The van der Waals surface area contributed by atoms with Crippen LogP contribution in [0.15, 0.2) is 24.3 Å². The van der Waals surface area contributed by atoms with E-state index in [1.54, 1.807) is 0 Å². The second-order valence-corrected chi connectivity index (χ2v) is 5.87. The van der Waals surface area contributed by atoms with Gasteiger partial charge in [0.1, 0.15) is 5.82 Å². The van der Waals surface area contributed by atoms with Gasteiger partial charge in [0.2, 0.25) is 12.7 Å². The second kappa shape index (κ2) is 7.38. The Balaban J connectivity index is 1.83. The zero-order valence-corrected chi connectivity index (χ0v) is 14.5. The van der Waals surface area contributed by atoms with Crippen LogP contribution in [0, 0.1) is 6.92 Å². The lowest BCUT2D eigenvalue weighted by Gasteiger charge is -2.23. The molecule has 0 atom stereocenters. The summed E-state index contributed by atoms with van der Waals surface area (Å²) in [5.74, 6) is 3.07. The number of nitrogens with one attached hydrogen (secondary N) is 1. The maximum Gasteiger partial charge on any atom is 0.231 e. The minimum Gasteiger partial charge on any atom is -0.454 e. The highest BCUT2D eigenvalue weighted by Crippen LogP contribution is 2.34. The zero-order chi connectivity index (χ0) is 16.9. The summed E-state index contributed by atoms with van der Waals surface area (Å²) in [6, 6.07) is 7.77. The number of fused-ring (bicyclic) bond motifs is 1. The molecule has 128 valence electrons. The normalized spacial score (nSPS) is 12.3. The molecule has 1 aromatic carbocycles. The molecule has 24 heavy (non-hydrogen) atoms. The van der Waals surface area contributed by atoms with Crippen molar-refractivity contribution in [3.05, 3.63) is 30.0 Å². The minimum atomic E-state index is 0.271. The third-order valence-corrected chi connectivity index (χ3v) is 3.78. The molecule has 2 aromatic rings. The first kappa shape index (κ1) is 16.4. The van der Waals surface area contributed by atoms with E-state index in [2.05, 4.69) is 29.0 Å².